The van der Waals surface area contributed by atoms with Crippen LogP contribution in [0.5, 0.6) is 11.5 Å². The molecule has 3 atom stereocenters. The first kappa shape index (κ1) is 44.1. The largest absolute Gasteiger partial charge is 0.506 e. The SMILES string of the molecule is O=C1COc2c(CCN(CCN3CCC(OCCc4cccc(CN5CCC6(CC5)CN(C(=O)C(O)C(F)(F)F)CCO6)c4)[C@H]3C(=O)O)C3CCCCC3)ccc(O)c2N1. The van der Waals surface area contributed by atoms with Crippen LogP contribution in [-0.4, -0.2) is 161 Å². The van der Waals surface area contributed by atoms with Crippen LogP contribution in [0.3, 0.4) is 0 Å². The minimum absolute atomic E-state index is 0.00990. The number of rotatable bonds is 15. The third-order valence-electron chi connectivity index (χ3n) is 13.0. The number of phenolic OH excluding ortho intramolecular Hbond substituents is 1. The topological polar surface area (TPSA) is 165 Å². The lowest BCUT2D eigenvalue weighted by molar-refractivity contribution is -0.217. The number of aliphatic hydroxyl groups is 1. The molecule has 330 valence electrons. The summed E-state index contributed by atoms with van der Waals surface area (Å²) in [5.74, 6) is -2.05. The number of aromatic hydroxyl groups is 1. The second kappa shape index (κ2) is 19.4. The van der Waals surface area contributed by atoms with Gasteiger partial charge in [-0.3, -0.25) is 29.1 Å². The summed E-state index contributed by atoms with van der Waals surface area (Å²) in [7, 11) is 0. The predicted molar refractivity (Wildman–Crippen MR) is 214 cm³/mol. The summed E-state index contributed by atoms with van der Waals surface area (Å²) in [6, 6.07) is 11.2. The molecule has 2 aromatic carbocycles. The van der Waals surface area contributed by atoms with Gasteiger partial charge in [-0.25, -0.2) is 0 Å². The fraction of sp³-hybridized carbons (Fsp3) is 0.651. The number of nitrogens with zero attached hydrogens (tertiary/aromatic N) is 4. The molecule has 17 heteroatoms. The lowest BCUT2D eigenvalue weighted by Crippen LogP contribution is -2.60. The molecule has 4 N–H and O–H groups in total. The highest BCUT2D eigenvalue weighted by Gasteiger charge is 2.49. The minimum atomic E-state index is -5.01. The van der Waals surface area contributed by atoms with Gasteiger partial charge in [0, 0.05) is 64.9 Å². The van der Waals surface area contributed by atoms with E-state index in [1.54, 1.807) is 6.07 Å². The fourth-order valence-corrected chi connectivity index (χ4v) is 9.66. The van der Waals surface area contributed by atoms with Crippen LogP contribution < -0.4 is 10.1 Å². The molecule has 4 fully saturated rings. The Morgan fingerprint density at radius 1 is 1.00 bits per heavy atom. The number of carboxylic acid groups (broad SMARTS) is 1. The van der Waals surface area contributed by atoms with E-state index in [-0.39, 0.29) is 38.0 Å². The molecule has 0 radical (unpaired) electrons. The maximum Gasteiger partial charge on any atom is 0.423 e. The summed E-state index contributed by atoms with van der Waals surface area (Å²) in [5.41, 5.74) is 2.65. The number of amides is 2. The van der Waals surface area contributed by atoms with Crippen LogP contribution in [0.1, 0.15) is 68.1 Å². The van der Waals surface area contributed by atoms with Gasteiger partial charge in [0.25, 0.3) is 11.8 Å². The molecule has 60 heavy (non-hydrogen) atoms. The van der Waals surface area contributed by atoms with Gasteiger partial charge in [0.2, 0.25) is 6.10 Å². The Morgan fingerprint density at radius 2 is 1.77 bits per heavy atom. The summed E-state index contributed by atoms with van der Waals surface area (Å²) in [6.07, 6.45) is 0.238. The molecule has 2 aromatic rings. The van der Waals surface area contributed by atoms with Crippen molar-refractivity contribution in [3.8, 4) is 11.5 Å². The number of alkyl halides is 3. The molecule has 0 bridgehead atoms. The molecule has 1 saturated carbocycles. The Morgan fingerprint density at radius 3 is 2.52 bits per heavy atom. The van der Waals surface area contributed by atoms with Gasteiger partial charge in [0.15, 0.2) is 12.4 Å². The van der Waals surface area contributed by atoms with Crippen LogP contribution in [-0.2, 0) is 43.2 Å². The highest BCUT2D eigenvalue weighted by molar-refractivity contribution is 5.97. The van der Waals surface area contributed by atoms with Crippen LogP contribution in [0.4, 0.5) is 18.9 Å². The molecule has 2 amide bonds. The highest BCUT2D eigenvalue weighted by Crippen LogP contribution is 2.40. The number of benzene rings is 2. The molecule has 1 aliphatic carbocycles. The molecule has 4 aliphatic heterocycles. The first-order chi connectivity index (χ1) is 28.8. The zero-order valence-electron chi connectivity index (χ0n) is 34.0. The van der Waals surface area contributed by atoms with Crippen molar-refractivity contribution in [3.63, 3.8) is 0 Å². The highest BCUT2D eigenvalue weighted by atomic mass is 19.4. The summed E-state index contributed by atoms with van der Waals surface area (Å²) in [4.78, 5) is 44.8. The van der Waals surface area contributed by atoms with E-state index >= 15 is 0 Å². The van der Waals surface area contributed by atoms with Gasteiger partial charge < -0.3 is 39.7 Å². The number of carbonyl (C=O) groups excluding carboxylic acids is 2. The number of fused-ring (bicyclic) bond motifs is 1. The molecule has 7 rings (SSSR count). The predicted octanol–water partition coefficient (Wildman–Crippen LogP) is 3.80. The van der Waals surface area contributed by atoms with Crippen molar-refractivity contribution in [1.82, 2.24) is 19.6 Å². The standard InChI is InChI=1S/C43H58F3N5O9/c44-43(45,46)39(54)40(55)51-22-24-60-42(28-51)14-18-48(19-15-42)26-30-6-4-5-29(25-30)13-23-58-34-12-17-50(37(34)41(56)57)21-20-49(32-7-2-1-3-8-32)16-11-31-9-10-33(52)36-38(31)59-27-35(53)47-36/h4-6,9-10,25,32,34,37,39,52,54H,1-3,7-8,11-24,26-28H2,(H,47,53)(H,56,57)/t34?,37-,39?/m0/s1. The van der Waals surface area contributed by atoms with Crippen molar-refractivity contribution in [1.29, 1.82) is 0 Å². The Hall–Kier alpha value is -4.00. The number of halogens is 3. The number of morpholine rings is 1. The van der Waals surface area contributed by atoms with Crippen molar-refractivity contribution in [3.05, 3.63) is 53.1 Å². The van der Waals surface area contributed by atoms with Crippen molar-refractivity contribution in [2.45, 2.75) is 107 Å². The van der Waals surface area contributed by atoms with Gasteiger partial charge in [0.05, 0.1) is 24.9 Å². The lowest BCUT2D eigenvalue weighted by atomic mass is 9.89. The van der Waals surface area contributed by atoms with E-state index in [2.05, 4.69) is 21.2 Å². The molecular weight excluding hydrogens is 787 g/mol. The van der Waals surface area contributed by atoms with E-state index < -0.39 is 41.9 Å². The molecule has 14 nitrogen and oxygen atoms in total. The monoisotopic (exact) mass is 845 g/mol. The first-order valence-corrected chi connectivity index (χ1v) is 21.4. The minimum Gasteiger partial charge on any atom is -0.506 e. The molecule has 0 aromatic heterocycles. The van der Waals surface area contributed by atoms with Gasteiger partial charge in [-0.15, -0.1) is 0 Å². The van der Waals surface area contributed by atoms with Crippen LogP contribution >= 0.6 is 0 Å². The van der Waals surface area contributed by atoms with E-state index in [4.69, 9.17) is 14.2 Å². The van der Waals surface area contributed by atoms with Gasteiger partial charge in [0.1, 0.15) is 17.5 Å². The number of carboxylic acids is 1. The van der Waals surface area contributed by atoms with Crippen LogP contribution in [0.25, 0.3) is 0 Å². The third-order valence-corrected chi connectivity index (χ3v) is 13.0. The Labute approximate surface area is 348 Å². The molecule has 1 spiro atoms. The fourth-order valence-electron chi connectivity index (χ4n) is 9.66. The zero-order valence-corrected chi connectivity index (χ0v) is 34.0. The van der Waals surface area contributed by atoms with E-state index in [0.717, 1.165) is 53.8 Å². The average molecular weight is 846 g/mol. The van der Waals surface area contributed by atoms with Crippen molar-refractivity contribution < 1.29 is 57.1 Å². The molecule has 4 heterocycles. The number of hydrogen-bond acceptors (Lipinski definition) is 11. The normalized spacial score (nSPS) is 23.4. The maximum atomic E-state index is 13.0. The van der Waals surface area contributed by atoms with Crippen molar-refractivity contribution in [2.75, 3.05) is 77.5 Å². The molecular formula is C43H58F3N5O9. The van der Waals surface area contributed by atoms with Crippen LogP contribution in [0, 0.1) is 0 Å². The zero-order chi connectivity index (χ0) is 42.4. The smallest absolute Gasteiger partial charge is 0.423 e. The summed E-state index contributed by atoms with van der Waals surface area (Å²) in [6.45, 7) is 5.04. The summed E-state index contributed by atoms with van der Waals surface area (Å²) in [5, 5.41) is 32.9. The summed E-state index contributed by atoms with van der Waals surface area (Å²) >= 11 is 0. The van der Waals surface area contributed by atoms with Gasteiger partial charge >= 0.3 is 12.1 Å². The van der Waals surface area contributed by atoms with Crippen LogP contribution in [0.2, 0.25) is 0 Å². The van der Waals surface area contributed by atoms with Crippen molar-refractivity contribution in [2.24, 2.45) is 0 Å². The summed E-state index contributed by atoms with van der Waals surface area (Å²) < 4.78 is 57.0. The number of nitrogens with one attached hydrogen (secondary N) is 1. The maximum absolute atomic E-state index is 13.0. The molecule has 2 unspecified atom stereocenters. The third kappa shape index (κ3) is 10.7. The van der Waals surface area contributed by atoms with Gasteiger partial charge in [-0.1, -0.05) is 49.6 Å². The molecule has 3 saturated heterocycles. The number of aliphatic carboxylic acids is 1. The van der Waals surface area contributed by atoms with Gasteiger partial charge in [-0.05, 0) is 67.7 Å². The Kier molecular flexibility index (Phi) is 14.2. The number of anilines is 1. The number of carbonyl (C=O) groups is 3. The first-order valence-electron chi connectivity index (χ1n) is 21.4. The number of likely N-dealkylation sites (tertiary alicyclic amines) is 2. The number of hydrogen-bond donors (Lipinski definition) is 4. The second-order valence-electron chi connectivity index (χ2n) is 17.0. The second-order valence-corrected chi connectivity index (χ2v) is 17.0. The number of aliphatic hydroxyl groups excluding tert-OH is 1. The van der Waals surface area contributed by atoms with E-state index in [1.807, 2.05) is 29.2 Å². The van der Waals surface area contributed by atoms with Crippen LogP contribution in [0.15, 0.2) is 36.4 Å². The Bertz CT molecular complexity index is 1820. The average Bonchev–Trinajstić information content (AvgIpc) is 3.65. The quantitative estimate of drug-likeness (QED) is 0.192. The van der Waals surface area contributed by atoms with E-state index in [9.17, 15) is 42.9 Å². The number of phenols is 1. The number of piperidine rings is 1. The lowest BCUT2D eigenvalue weighted by Gasteiger charge is -2.47. The Balaban J connectivity index is 0.881. The van der Waals surface area contributed by atoms with Crippen molar-refractivity contribution >= 4 is 23.5 Å². The van der Waals surface area contributed by atoms with E-state index in [0.29, 0.717) is 95.5 Å². The number of ether oxygens (including phenoxy) is 3. The molecule has 5 aliphatic rings. The van der Waals surface area contributed by atoms with Gasteiger partial charge in [-0.2, -0.15) is 13.2 Å². The van der Waals surface area contributed by atoms with E-state index in [1.165, 1.54) is 6.42 Å².